The number of aryl methyl sites for hydroxylation is 1. The summed E-state index contributed by atoms with van der Waals surface area (Å²) in [5.41, 5.74) is 3.07. The lowest BCUT2D eigenvalue weighted by atomic mass is 10.0. The third kappa shape index (κ3) is 7.22. The Kier molecular flexibility index (Phi) is 9.15. The number of nitrogens with zero attached hydrogens (tertiary/aromatic N) is 1. The van der Waals surface area contributed by atoms with Gasteiger partial charge in [0, 0.05) is 24.9 Å². The predicted molar refractivity (Wildman–Crippen MR) is 153 cm³/mol. The van der Waals surface area contributed by atoms with Gasteiger partial charge in [-0.1, -0.05) is 110 Å². The Labute approximate surface area is 225 Å². The Bertz CT molecular complexity index is 1360. The molecule has 4 aromatic carbocycles. The minimum Gasteiger partial charge on any atom is -0.483 e. The molecular weight excluding hydrogens is 472 g/mol. The Hall–Kier alpha value is -4.12. The quantitative estimate of drug-likeness (QED) is 0.273. The number of carbonyl (C=O) groups is 2. The second-order valence-electron chi connectivity index (χ2n) is 10.1. The molecular formula is C33H36N2O3. The van der Waals surface area contributed by atoms with Crippen LogP contribution in [-0.4, -0.2) is 35.9 Å². The number of benzene rings is 4. The van der Waals surface area contributed by atoms with Crippen molar-refractivity contribution < 1.29 is 14.3 Å². The molecule has 0 spiro atoms. The highest BCUT2D eigenvalue weighted by Crippen LogP contribution is 2.25. The standard InChI is InChI=1S/C33H36N2O3/c1-24(2)21-34-33(37)30(20-26-12-5-4-6-13-26)35(22-27-14-9-11-25(3)19-27)32(36)23-38-31-18-10-16-28-15-7-8-17-29(28)31/h4-19,24,30H,20-23H2,1-3H3,(H,34,37)/t30-/m0/s1. The van der Waals surface area contributed by atoms with Gasteiger partial charge in [-0.15, -0.1) is 0 Å². The van der Waals surface area contributed by atoms with Crippen LogP contribution >= 0.6 is 0 Å². The van der Waals surface area contributed by atoms with E-state index in [1.807, 2.05) is 97.9 Å². The Morgan fingerprint density at radius 3 is 2.29 bits per heavy atom. The molecule has 1 N–H and O–H groups in total. The molecule has 0 aliphatic rings. The number of ether oxygens (including phenoxy) is 1. The molecule has 0 fully saturated rings. The van der Waals surface area contributed by atoms with Crippen molar-refractivity contribution in [3.05, 3.63) is 114 Å². The molecule has 0 aromatic heterocycles. The highest BCUT2D eigenvalue weighted by Gasteiger charge is 2.30. The summed E-state index contributed by atoms with van der Waals surface area (Å²) in [6.45, 7) is 6.83. The number of hydrogen-bond acceptors (Lipinski definition) is 3. The van der Waals surface area contributed by atoms with Crippen LogP contribution in [0.2, 0.25) is 0 Å². The van der Waals surface area contributed by atoms with E-state index in [1.54, 1.807) is 4.90 Å². The highest BCUT2D eigenvalue weighted by molar-refractivity contribution is 5.90. The van der Waals surface area contributed by atoms with Crippen LogP contribution in [0.3, 0.4) is 0 Å². The van der Waals surface area contributed by atoms with E-state index in [1.165, 1.54) is 0 Å². The van der Waals surface area contributed by atoms with Gasteiger partial charge in [-0.2, -0.15) is 0 Å². The lowest BCUT2D eigenvalue weighted by Gasteiger charge is -2.32. The first-order valence-electron chi connectivity index (χ1n) is 13.2. The molecule has 2 amide bonds. The summed E-state index contributed by atoms with van der Waals surface area (Å²) in [6, 6.07) is 30.9. The maximum absolute atomic E-state index is 13.8. The van der Waals surface area contributed by atoms with Crippen molar-refractivity contribution in [3.63, 3.8) is 0 Å². The van der Waals surface area contributed by atoms with Gasteiger partial charge in [0.25, 0.3) is 5.91 Å². The van der Waals surface area contributed by atoms with E-state index in [2.05, 4.69) is 25.2 Å². The van der Waals surface area contributed by atoms with Crippen molar-refractivity contribution in [3.8, 4) is 5.75 Å². The molecule has 4 aromatic rings. The van der Waals surface area contributed by atoms with Crippen LogP contribution in [0.25, 0.3) is 10.8 Å². The summed E-state index contributed by atoms with van der Waals surface area (Å²) in [5, 5.41) is 5.05. The molecule has 196 valence electrons. The van der Waals surface area contributed by atoms with Crippen LogP contribution in [0, 0.1) is 12.8 Å². The third-order valence-corrected chi connectivity index (χ3v) is 6.49. The fraction of sp³-hybridized carbons (Fsp3) is 0.273. The number of nitrogens with one attached hydrogen (secondary N) is 1. The molecule has 0 saturated heterocycles. The highest BCUT2D eigenvalue weighted by atomic mass is 16.5. The summed E-state index contributed by atoms with van der Waals surface area (Å²) in [4.78, 5) is 29.1. The molecule has 0 aliphatic heterocycles. The molecule has 0 aliphatic carbocycles. The largest absolute Gasteiger partial charge is 0.483 e. The minimum atomic E-state index is -0.680. The zero-order valence-electron chi connectivity index (χ0n) is 22.4. The monoisotopic (exact) mass is 508 g/mol. The topological polar surface area (TPSA) is 58.6 Å². The lowest BCUT2D eigenvalue weighted by molar-refractivity contribution is -0.142. The number of amides is 2. The molecule has 5 nitrogen and oxygen atoms in total. The normalized spacial score (nSPS) is 11.8. The van der Waals surface area contributed by atoms with Crippen LogP contribution in [0.1, 0.15) is 30.5 Å². The zero-order chi connectivity index (χ0) is 26.9. The first-order chi connectivity index (χ1) is 18.4. The average molecular weight is 509 g/mol. The van der Waals surface area contributed by atoms with Crippen molar-refractivity contribution in [1.82, 2.24) is 10.2 Å². The third-order valence-electron chi connectivity index (χ3n) is 6.49. The second-order valence-corrected chi connectivity index (χ2v) is 10.1. The van der Waals surface area contributed by atoms with Gasteiger partial charge < -0.3 is 15.0 Å². The first-order valence-corrected chi connectivity index (χ1v) is 13.2. The zero-order valence-corrected chi connectivity index (χ0v) is 22.4. The van der Waals surface area contributed by atoms with Gasteiger partial charge in [-0.05, 0) is 35.4 Å². The van der Waals surface area contributed by atoms with E-state index in [4.69, 9.17) is 4.74 Å². The van der Waals surface area contributed by atoms with Crippen LogP contribution in [0.15, 0.2) is 97.1 Å². The van der Waals surface area contributed by atoms with E-state index in [9.17, 15) is 9.59 Å². The van der Waals surface area contributed by atoms with E-state index in [0.29, 0.717) is 31.2 Å². The number of hydrogen-bond donors (Lipinski definition) is 1. The Morgan fingerprint density at radius 2 is 1.53 bits per heavy atom. The van der Waals surface area contributed by atoms with E-state index in [-0.39, 0.29) is 18.4 Å². The van der Waals surface area contributed by atoms with Gasteiger partial charge in [-0.25, -0.2) is 0 Å². The molecule has 0 unspecified atom stereocenters. The molecule has 0 radical (unpaired) electrons. The van der Waals surface area contributed by atoms with Crippen molar-refractivity contribution in [2.45, 2.75) is 39.8 Å². The van der Waals surface area contributed by atoms with Crippen molar-refractivity contribution >= 4 is 22.6 Å². The SMILES string of the molecule is Cc1cccc(CN(C(=O)COc2cccc3ccccc23)[C@@H](Cc2ccccc2)C(=O)NCC(C)C)c1. The van der Waals surface area contributed by atoms with Gasteiger partial charge in [0.1, 0.15) is 11.8 Å². The smallest absolute Gasteiger partial charge is 0.261 e. The summed E-state index contributed by atoms with van der Waals surface area (Å²) < 4.78 is 6.08. The molecule has 5 heteroatoms. The van der Waals surface area contributed by atoms with Crippen LogP contribution in [0.4, 0.5) is 0 Å². The fourth-order valence-electron chi connectivity index (χ4n) is 4.53. The van der Waals surface area contributed by atoms with Crippen LogP contribution in [-0.2, 0) is 22.6 Å². The maximum Gasteiger partial charge on any atom is 0.261 e. The van der Waals surface area contributed by atoms with E-state index in [0.717, 1.165) is 27.5 Å². The number of rotatable bonds is 11. The van der Waals surface area contributed by atoms with Gasteiger partial charge in [-0.3, -0.25) is 9.59 Å². The Balaban J connectivity index is 1.64. The molecule has 38 heavy (non-hydrogen) atoms. The van der Waals surface area contributed by atoms with Gasteiger partial charge in [0.2, 0.25) is 5.91 Å². The molecule has 0 heterocycles. The van der Waals surface area contributed by atoms with Crippen molar-refractivity contribution in [1.29, 1.82) is 0 Å². The van der Waals surface area contributed by atoms with E-state index >= 15 is 0 Å². The Morgan fingerprint density at radius 1 is 0.842 bits per heavy atom. The maximum atomic E-state index is 13.8. The van der Waals surface area contributed by atoms with Gasteiger partial charge in [0.05, 0.1) is 0 Å². The van der Waals surface area contributed by atoms with Gasteiger partial charge in [0.15, 0.2) is 6.61 Å². The second kappa shape index (κ2) is 12.9. The van der Waals surface area contributed by atoms with E-state index < -0.39 is 6.04 Å². The molecule has 0 bridgehead atoms. The summed E-state index contributed by atoms with van der Waals surface area (Å²) in [7, 11) is 0. The first kappa shape index (κ1) is 26.9. The summed E-state index contributed by atoms with van der Waals surface area (Å²) >= 11 is 0. The summed E-state index contributed by atoms with van der Waals surface area (Å²) in [6.07, 6.45) is 0.413. The predicted octanol–water partition coefficient (Wildman–Crippen LogP) is 5.94. The fourth-order valence-corrected chi connectivity index (χ4v) is 4.53. The minimum absolute atomic E-state index is 0.159. The van der Waals surface area contributed by atoms with Crippen molar-refractivity contribution in [2.24, 2.45) is 5.92 Å². The number of fused-ring (bicyclic) bond motifs is 1. The van der Waals surface area contributed by atoms with Crippen LogP contribution < -0.4 is 10.1 Å². The summed E-state index contributed by atoms with van der Waals surface area (Å²) in [5.74, 6) is 0.552. The average Bonchev–Trinajstić information content (AvgIpc) is 2.93. The van der Waals surface area contributed by atoms with Crippen molar-refractivity contribution in [2.75, 3.05) is 13.2 Å². The molecule has 1 atom stereocenters. The lowest BCUT2D eigenvalue weighted by Crippen LogP contribution is -2.52. The molecule has 4 rings (SSSR count). The van der Waals surface area contributed by atoms with Crippen LogP contribution in [0.5, 0.6) is 5.75 Å². The molecule has 0 saturated carbocycles. The van der Waals surface area contributed by atoms with Gasteiger partial charge >= 0.3 is 0 Å². The number of carbonyl (C=O) groups excluding carboxylic acids is 2.